The Morgan fingerprint density at radius 1 is 1.27 bits per heavy atom. The maximum atomic E-state index is 13.4. The number of aromatic amines is 1. The van der Waals surface area contributed by atoms with Gasteiger partial charge >= 0.3 is 0 Å². The van der Waals surface area contributed by atoms with Crippen molar-refractivity contribution < 1.29 is 8.78 Å². The number of anilines is 1. The Morgan fingerprint density at radius 2 is 2.00 bits per heavy atom. The van der Waals surface area contributed by atoms with E-state index in [1.54, 1.807) is 0 Å². The first-order chi connectivity index (χ1) is 7.08. The zero-order valence-electron chi connectivity index (χ0n) is 7.39. The summed E-state index contributed by atoms with van der Waals surface area (Å²) in [5, 5.41) is 6.20. The lowest BCUT2D eigenvalue weighted by molar-refractivity contribution is 0.511. The van der Waals surface area contributed by atoms with Gasteiger partial charge in [0.05, 0.1) is 5.69 Å². The van der Waals surface area contributed by atoms with Gasteiger partial charge in [0.1, 0.15) is 5.82 Å². The van der Waals surface area contributed by atoms with E-state index in [0.717, 1.165) is 6.07 Å². The first-order valence-corrected chi connectivity index (χ1v) is 4.41. The van der Waals surface area contributed by atoms with Gasteiger partial charge in [-0.2, -0.15) is 5.10 Å². The highest BCUT2D eigenvalue weighted by Gasteiger charge is 2.13. The molecule has 0 fully saturated rings. The van der Waals surface area contributed by atoms with Crippen molar-refractivity contribution in [3.8, 4) is 11.3 Å². The largest absolute Gasteiger partial charge is 0.382 e. The second kappa shape index (κ2) is 3.51. The summed E-state index contributed by atoms with van der Waals surface area (Å²) in [6.45, 7) is 0. The molecule has 0 atom stereocenters. The average molecular weight is 230 g/mol. The molecule has 78 valence electrons. The van der Waals surface area contributed by atoms with Crippen molar-refractivity contribution in [2.75, 3.05) is 5.73 Å². The van der Waals surface area contributed by atoms with Crippen LogP contribution in [-0.4, -0.2) is 10.2 Å². The zero-order chi connectivity index (χ0) is 11.0. The van der Waals surface area contributed by atoms with E-state index in [4.69, 9.17) is 17.3 Å². The highest BCUT2D eigenvalue weighted by atomic mass is 35.5. The van der Waals surface area contributed by atoms with E-state index in [9.17, 15) is 8.78 Å². The predicted octanol–water partition coefficient (Wildman–Crippen LogP) is 2.59. The van der Waals surface area contributed by atoms with Crippen LogP contribution in [-0.2, 0) is 0 Å². The van der Waals surface area contributed by atoms with Crippen LogP contribution in [0.4, 0.5) is 14.6 Å². The Morgan fingerprint density at radius 3 is 2.60 bits per heavy atom. The molecule has 2 aromatic rings. The molecule has 3 nitrogen and oxygen atoms in total. The molecule has 1 aromatic heterocycles. The Kier molecular flexibility index (Phi) is 2.32. The smallest absolute Gasteiger partial charge is 0.168 e. The van der Waals surface area contributed by atoms with E-state index < -0.39 is 11.6 Å². The Balaban J connectivity index is 2.62. The van der Waals surface area contributed by atoms with E-state index in [0.29, 0.717) is 0 Å². The molecule has 0 spiro atoms. The summed E-state index contributed by atoms with van der Waals surface area (Å²) < 4.78 is 26.4. The van der Waals surface area contributed by atoms with Crippen LogP contribution in [0.15, 0.2) is 18.2 Å². The summed E-state index contributed by atoms with van der Waals surface area (Å²) in [6.07, 6.45) is 0. The van der Waals surface area contributed by atoms with Crippen LogP contribution in [0.3, 0.4) is 0 Å². The normalized spacial score (nSPS) is 10.6. The van der Waals surface area contributed by atoms with E-state index in [-0.39, 0.29) is 22.1 Å². The van der Waals surface area contributed by atoms with Crippen LogP contribution in [0.1, 0.15) is 0 Å². The number of hydrogen-bond acceptors (Lipinski definition) is 2. The molecular weight excluding hydrogens is 224 g/mol. The summed E-state index contributed by atoms with van der Waals surface area (Å²) in [7, 11) is 0. The third kappa shape index (κ3) is 1.78. The quantitative estimate of drug-likeness (QED) is 0.739. The predicted molar refractivity (Wildman–Crippen MR) is 53.4 cm³/mol. The van der Waals surface area contributed by atoms with Gasteiger partial charge in [0, 0.05) is 16.7 Å². The number of hydrogen-bond donors (Lipinski definition) is 2. The third-order valence-corrected chi connectivity index (χ3v) is 2.10. The van der Waals surface area contributed by atoms with Gasteiger partial charge in [0.25, 0.3) is 0 Å². The molecule has 1 aromatic carbocycles. The van der Waals surface area contributed by atoms with Gasteiger partial charge in [-0.3, -0.25) is 5.10 Å². The molecule has 1 heterocycles. The standard InChI is InChI=1S/C9H6ClF2N3/c10-4-1-5(9(12)6(11)2-4)7-3-8(13)15-14-7/h1-3H,(H3,13,14,15). The van der Waals surface area contributed by atoms with Crippen molar-refractivity contribution in [3.05, 3.63) is 34.9 Å². The van der Waals surface area contributed by atoms with Gasteiger partial charge in [0.2, 0.25) is 0 Å². The molecule has 0 amide bonds. The third-order valence-electron chi connectivity index (χ3n) is 1.88. The first-order valence-electron chi connectivity index (χ1n) is 4.03. The minimum absolute atomic E-state index is 0.00389. The van der Waals surface area contributed by atoms with E-state index in [2.05, 4.69) is 10.2 Å². The van der Waals surface area contributed by atoms with Gasteiger partial charge < -0.3 is 5.73 Å². The number of nitrogens with two attached hydrogens (primary N) is 1. The lowest BCUT2D eigenvalue weighted by atomic mass is 10.1. The van der Waals surface area contributed by atoms with Gasteiger partial charge in [-0.15, -0.1) is 0 Å². The monoisotopic (exact) mass is 229 g/mol. The van der Waals surface area contributed by atoms with Crippen molar-refractivity contribution in [2.45, 2.75) is 0 Å². The lowest BCUT2D eigenvalue weighted by Gasteiger charge is -2.01. The van der Waals surface area contributed by atoms with Gasteiger partial charge in [0.15, 0.2) is 11.6 Å². The molecule has 3 N–H and O–H groups in total. The average Bonchev–Trinajstić information content (AvgIpc) is 2.58. The summed E-state index contributed by atoms with van der Waals surface area (Å²) >= 11 is 5.61. The van der Waals surface area contributed by atoms with Crippen LogP contribution >= 0.6 is 11.6 Å². The van der Waals surface area contributed by atoms with Crippen LogP contribution in [0.5, 0.6) is 0 Å². The summed E-state index contributed by atoms with van der Waals surface area (Å²) in [4.78, 5) is 0. The fourth-order valence-electron chi connectivity index (χ4n) is 1.23. The molecule has 0 bridgehead atoms. The fourth-order valence-corrected chi connectivity index (χ4v) is 1.43. The molecular formula is C9H6ClF2N3. The minimum Gasteiger partial charge on any atom is -0.382 e. The number of nitrogens with zero attached hydrogens (tertiary/aromatic N) is 1. The summed E-state index contributed by atoms with van der Waals surface area (Å²) in [5.41, 5.74) is 5.64. The molecule has 0 saturated carbocycles. The zero-order valence-corrected chi connectivity index (χ0v) is 8.15. The molecule has 15 heavy (non-hydrogen) atoms. The first kappa shape index (κ1) is 9.92. The molecule has 0 radical (unpaired) electrons. The second-order valence-electron chi connectivity index (χ2n) is 2.96. The van der Waals surface area contributed by atoms with E-state index in [1.807, 2.05) is 0 Å². The maximum absolute atomic E-state index is 13.4. The van der Waals surface area contributed by atoms with Gasteiger partial charge in [-0.25, -0.2) is 8.78 Å². The second-order valence-corrected chi connectivity index (χ2v) is 3.39. The van der Waals surface area contributed by atoms with Crippen molar-refractivity contribution in [1.82, 2.24) is 10.2 Å². The molecule has 0 saturated heterocycles. The highest BCUT2D eigenvalue weighted by molar-refractivity contribution is 6.30. The number of aromatic nitrogens is 2. The minimum atomic E-state index is -1.01. The Bertz CT molecular complexity index is 510. The molecule has 0 aliphatic rings. The van der Waals surface area contributed by atoms with Crippen LogP contribution in [0.25, 0.3) is 11.3 Å². The molecule has 0 aliphatic carbocycles. The highest BCUT2D eigenvalue weighted by Crippen LogP contribution is 2.27. The number of rotatable bonds is 1. The van der Waals surface area contributed by atoms with Crippen molar-refractivity contribution in [2.24, 2.45) is 0 Å². The molecule has 2 rings (SSSR count). The number of nitrogens with one attached hydrogen (secondary N) is 1. The van der Waals surface area contributed by atoms with Crippen molar-refractivity contribution in [3.63, 3.8) is 0 Å². The summed E-state index contributed by atoms with van der Waals surface area (Å²) in [6, 6.07) is 3.60. The van der Waals surface area contributed by atoms with Crippen molar-refractivity contribution >= 4 is 17.4 Å². The Labute approximate surface area is 88.9 Å². The van der Waals surface area contributed by atoms with Crippen molar-refractivity contribution in [1.29, 1.82) is 0 Å². The lowest BCUT2D eigenvalue weighted by Crippen LogP contribution is -1.90. The van der Waals surface area contributed by atoms with E-state index in [1.165, 1.54) is 12.1 Å². The SMILES string of the molecule is Nc1cc(-c2cc(Cl)cc(F)c2F)[nH]n1. The molecule has 6 heteroatoms. The molecule has 0 aliphatic heterocycles. The fraction of sp³-hybridized carbons (Fsp3) is 0. The van der Waals surface area contributed by atoms with Crippen LogP contribution in [0, 0.1) is 11.6 Å². The topological polar surface area (TPSA) is 54.7 Å². The number of benzene rings is 1. The van der Waals surface area contributed by atoms with E-state index >= 15 is 0 Å². The summed E-state index contributed by atoms with van der Waals surface area (Å²) in [5.74, 6) is -1.79. The van der Waals surface area contributed by atoms with Crippen LogP contribution in [0.2, 0.25) is 5.02 Å². The Hall–Kier alpha value is -1.62. The number of nitrogen functional groups attached to an aromatic ring is 1. The van der Waals surface area contributed by atoms with Gasteiger partial charge in [-0.05, 0) is 12.1 Å². The maximum Gasteiger partial charge on any atom is 0.168 e. The van der Waals surface area contributed by atoms with Crippen LogP contribution < -0.4 is 5.73 Å². The van der Waals surface area contributed by atoms with Gasteiger partial charge in [-0.1, -0.05) is 11.6 Å². The number of halogens is 3. The molecule has 0 unspecified atom stereocenters. The number of H-pyrrole nitrogens is 1.